The monoisotopic (exact) mass is 230 g/mol. The van der Waals surface area contributed by atoms with Crippen LogP contribution in [0.1, 0.15) is 11.5 Å². The summed E-state index contributed by atoms with van der Waals surface area (Å²) in [6, 6.07) is 9.93. The molecule has 1 heterocycles. The summed E-state index contributed by atoms with van der Waals surface area (Å²) in [5.74, 6) is 0.566. The molecule has 0 amide bonds. The van der Waals surface area contributed by atoms with E-state index >= 15 is 0 Å². The van der Waals surface area contributed by atoms with Crippen molar-refractivity contribution >= 4 is 12.6 Å². The van der Waals surface area contributed by atoms with Gasteiger partial charge in [-0.05, 0) is 5.56 Å². The fourth-order valence-electron chi connectivity index (χ4n) is 1.08. The standard InChI is InChI=1S/C9H8N2OS.K/c13-9-11-10-8(12-9)6-7-4-2-1-3-5-7;/h1-5H,6H2,(H,11,13);/q;+1/p-1. The Balaban J connectivity index is 0.000000980. The third-order valence-electron chi connectivity index (χ3n) is 1.65. The van der Waals surface area contributed by atoms with E-state index in [2.05, 4.69) is 10.2 Å². The molecular formula is C9H7KN2OS. The van der Waals surface area contributed by atoms with Gasteiger partial charge >= 0.3 is 51.4 Å². The molecule has 14 heavy (non-hydrogen) atoms. The van der Waals surface area contributed by atoms with Crippen LogP contribution in [0.3, 0.4) is 0 Å². The molecular weight excluding hydrogens is 223 g/mol. The minimum Gasteiger partial charge on any atom is -0.719 e. The zero-order valence-corrected chi connectivity index (χ0v) is 11.7. The van der Waals surface area contributed by atoms with Crippen LogP contribution in [-0.4, -0.2) is 10.2 Å². The first-order chi connectivity index (χ1) is 6.34. The van der Waals surface area contributed by atoms with Crippen LogP contribution in [0.4, 0.5) is 0 Å². The molecule has 2 rings (SSSR count). The molecule has 1 aromatic heterocycles. The number of hydrogen-bond donors (Lipinski definition) is 0. The number of rotatable bonds is 2. The van der Waals surface area contributed by atoms with Crippen molar-refractivity contribution in [3.63, 3.8) is 0 Å². The second-order valence-electron chi connectivity index (χ2n) is 2.62. The van der Waals surface area contributed by atoms with Crippen molar-refractivity contribution in [1.29, 1.82) is 0 Å². The maximum atomic E-state index is 5.08. The van der Waals surface area contributed by atoms with Gasteiger partial charge in [0.15, 0.2) is 0 Å². The summed E-state index contributed by atoms with van der Waals surface area (Å²) in [5, 5.41) is 7.60. The van der Waals surface area contributed by atoms with E-state index in [0.29, 0.717) is 12.3 Å². The van der Waals surface area contributed by atoms with Crippen molar-refractivity contribution in [3.8, 4) is 0 Å². The van der Waals surface area contributed by atoms with Crippen LogP contribution in [0.2, 0.25) is 0 Å². The summed E-state index contributed by atoms with van der Waals surface area (Å²) in [5.41, 5.74) is 1.14. The summed E-state index contributed by atoms with van der Waals surface area (Å²) in [6.45, 7) is 0. The van der Waals surface area contributed by atoms with Crippen molar-refractivity contribution < 1.29 is 55.8 Å². The maximum Gasteiger partial charge on any atom is 1.00 e. The minimum atomic E-state index is 0. The van der Waals surface area contributed by atoms with Gasteiger partial charge in [0.1, 0.15) is 0 Å². The van der Waals surface area contributed by atoms with Gasteiger partial charge < -0.3 is 17.0 Å². The first-order valence-electron chi connectivity index (χ1n) is 3.88. The van der Waals surface area contributed by atoms with Gasteiger partial charge in [0.25, 0.3) is 0 Å². The Morgan fingerprint density at radius 3 is 2.43 bits per heavy atom. The van der Waals surface area contributed by atoms with Gasteiger partial charge in [-0.3, -0.25) is 0 Å². The zero-order chi connectivity index (χ0) is 9.10. The zero-order valence-electron chi connectivity index (χ0n) is 7.80. The molecule has 66 valence electrons. The minimum absolute atomic E-state index is 0. The molecule has 5 heteroatoms. The average Bonchev–Trinajstić information content (AvgIpc) is 2.53. The van der Waals surface area contributed by atoms with Gasteiger partial charge in [-0.2, -0.15) is 0 Å². The van der Waals surface area contributed by atoms with Crippen LogP contribution in [0.25, 0.3) is 0 Å². The smallest absolute Gasteiger partial charge is 0.719 e. The molecule has 0 aliphatic carbocycles. The predicted octanol–water partition coefficient (Wildman–Crippen LogP) is -1.43. The Morgan fingerprint density at radius 2 is 1.86 bits per heavy atom. The van der Waals surface area contributed by atoms with Gasteiger partial charge in [-0.15, -0.1) is 10.2 Å². The van der Waals surface area contributed by atoms with Gasteiger partial charge in [0.05, 0.1) is 11.6 Å². The summed E-state index contributed by atoms with van der Waals surface area (Å²) < 4.78 is 5.08. The Kier molecular flexibility index (Phi) is 5.22. The molecule has 0 fully saturated rings. The molecule has 0 unspecified atom stereocenters. The Hall–Kier alpha value is 0.216. The third kappa shape index (κ3) is 3.41. The van der Waals surface area contributed by atoms with Crippen LogP contribution in [-0.2, 0) is 19.0 Å². The number of aromatic nitrogens is 2. The molecule has 0 atom stereocenters. The predicted molar refractivity (Wildman–Crippen MR) is 49.2 cm³/mol. The van der Waals surface area contributed by atoms with E-state index in [9.17, 15) is 0 Å². The SMILES string of the molecule is [K+].[S-]c1nnc(Cc2ccccc2)o1. The average molecular weight is 230 g/mol. The van der Waals surface area contributed by atoms with E-state index in [4.69, 9.17) is 17.0 Å². The van der Waals surface area contributed by atoms with E-state index in [1.807, 2.05) is 30.3 Å². The van der Waals surface area contributed by atoms with E-state index in [1.54, 1.807) is 0 Å². The largest absolute Gasteiger partial charge is 1.00 e. The fraction of sp³-hybridized carbons (Fsp3) is 0.111. The van der Waals surface area contributed by atoms with E-state index in [0.717, 1.165) is 5.56 Å². The normalized spacial score (nSPS) is 9.43. The molecule has 1 aromatic carbocycles. The first-order valence-corrected chi connectivity index (χ1v) is 4.29. The van der Waals surface area contributed by atoms with Crippen LogP contribution in [0.5, 0.6) is 0 Å². The Morgan fingerprint density at radius 1 is 1.14 bits per heavy atom. The van der Waals surface area contributed by atoms with Crippen molar-refractivity contribution in [2.45, 2.75) is 11.6 Å². The van der Waals surface area contributed by atoms with Crippen LogP contribution in [0.15, 0.2) is 40.0 Å². The Bertz CT molecular complexity index is 391. The summed E-state index contributed by atoms with van der Waals surface area (Å²) in [4.78, 5) is 0. The summed E-state index contributed by atoms with van der Waals surface area (Å²) in [7, 11) is 0. The maximum absolute atomic E-state index is 5.08. The quantitative estimate of drug-likeness (QED) is 0.468. The molecule has 0 spiro atoms. The molecule has 0 bridgehead atoms. The number of hydrogen-bond acceptors (Lipinski definition) is 4. The molecule has 0 saturated heterocycles. The van der Waals surface area contributed by atoms with Crippen molar-refractivity contribution in [2.24, 2.45) is 0 Å². The molecule has 0 N–H and O–H groups in total. The van der Waals surface area contributed by atoms with Crippen LogP contribution < -0.4 is 51.4 Å². The molecule has 3 nitrogen and oxygen atoms in total. The molecule has 0 saturated carbocycles. The van der Waals surface area contributed by atoms with Gasteiger partial charge in [-0.1, -0.05) is 30.3 Å². The Labute approximate surface area is 130 Å². The molecule has 2 aromatic rings. The van der Waals surface area contributed by atoms with E-state index < -0.39 is 0 Å². The topological polar surface area (TPSA) is 38.9 Å². The number of nitrogens with zero attached hydrogens (tertiary/aromatic N) is 2. The van der Waals surface area contributed by atoms with Crippen molar-refractivity contribution in [1.82, 2.24) is 10.2 Å². The van der Waals surface area contributed by atoms with Gasteiger partial charge in [0.2, 0.25) is 5.89 Å². The molecule has 0 radical (unpaired) electrons. The second-order valence-corrected chi connectivity index (χ2v) is 2.97. The van der Waals surface area contributed by atoms with E-state index in [-0.39, 0.29) is 56.6 Å². The molecule has 0 aliphatic rings. The van der Waals surface area contributed by atoms with E-state index in [1.165, 1.54) is 0 Å². The summed E-state index contributed by atoms with van der Waals surface area (Å²) >= 11 is 4.71. The van der Waals surface area contributed by atoms with Crippen molar-refractivity contribution in [2.75, 3.05) is 0 Å². The van der Waals surface area contributed by atoms with Gasteiger partial charge in [0, 0.05) is 0 Å². The molecule has 0 aliphatic heterocycles. The number of benzene rings is 1. The van der Waals surface area contributed by atoms with Crippen LogP contribution >= 0.6 is 0 Å². The fourth-order valence-corrected chi connectivity index (χ4v) is 1.22. The summed E-state index contributed by atoms with van der Waals surface area (Å²) in [6.07, 6.45) is 0.643. The first kappa shape index (κ1) is 12.3. The van der Waals surface area contributed by atoms with Gasteiger partial charge in [-0.25, -0.2) is 0 Å². The van der Waals surface area contributed by atoms with Crippen LogP contribution in [0, 0.1) is 0 Å². The second kappa shape index (κ2) is 5.94. The van der Waals surface area contributed by atoms with Crippen molar-refractivity contribution in [3.05, 3.63) is 41.8 Å². The third-order valence-corrected chi connectivity index (χ3v) is 1.81.